The van der Waals surface area contributed by atoms with Gasteiger partial charge in [-0.25, -0.2) is 0 Å². The molecule has 1 nitrogen and oxygen atoms in total. The molecule has 1 aliphatic rings. The molecule has 0 saturated heterocycles. The molecule has 0 amide bonds. The fourth-order valence-electron chi connectivity index (χ4n) is 5.08. The van der Waals surface area contributed by atoms with Crippen LogP contribution >= 0.6 is 0 Å². The molecule has 0 radical (unpaired) electrons. The fraction of sp³-hybridized carbons (Fsp3) is 0.520. The summed E-state index contributed by atoms with van der Waals surface area (Å²) in [7, 11) is 0. The standard InChI is InChI=1S/C25H35N/c1-24(2)17-23(18-25(3,4)19-24)26-16-8-9-20-12-14-22(15-13-20)21-10-6-5-7-11-21/h5-7,10-15,23,26H,8-9,16-19H2,1-4H3. The first kappa shape index (κ1) is 19.2. The van der Waals surface area contributed by atoms with Crippen molar-refractivity contribution in [1.82, 2.24) is 5.32 Å². The molecule has 0 atom stereocenters. The van der Waals surface area contributed by atoms with Crippen LogP contribution in [0.3, 0.4) is 0 Å². The summed E-state index contributed by atoms with van der Waals surface area (Å²) in [6.07, 6.45) is 6.32. The van der Waals surface area contributed by atoms with Gasteiger partial charge in [-0.2, -0.15) is 0 Å². The van der Waals surface area contributed by atoms with Gasteiger partial charge in [0.1, 0.15) is 0 Å². The summed E-state index contributed by atoms with van der Waals surface area (Å²) in [5, 5.41) is 3.84. The molecular weight excluding hydrogens is 314 g/mol. The third-order valence-corrected chi connectivity index (χ3v) is 5.69. The van der Waals surface area contributed by atoms with Crippen LogP contribution in [-0.4, -0.2) is 12.6 Å². The summed E-state index contributed by atoms with van der Waals surface area (Å²) in [4.78, 5) is 0. The molecule has 2 aromatic rings. The Hall–Kier alpha value is -1.60. The topological polar surface area (TPSA) is 12.0 Å². The molecule has 1 heteroatoms. The Morgan fingerprint density at radius 3 is 2.00 bits per heavy atom. The zero-order chi connectivity index (χ0) is 18.6. The SMILES string of the molecule is CC1(C)CC(NCCCc2ccc(-c3ccccc3)cc2)CC(C)(C)C1. The minimum atomic E-state index is 0.465. The first-order valence-corrected chi connectivity index (χ1v) is 10.2. The quantitative estimate of drug-likeness (QED) is 0.588. The van der Waals surface area contributed by atoms with Crippen molar-refractivity contribution in [2.24, 2.45) is 10.8 Å². The first-order chi connectivity index (χ1) is 12.3. The zero-order valence-electron chi connectivity index (χ0n) is 17.0. The third-order valence-electron chi connectivity index (χ3n) is 5.69. The average Bonchev–Trinajstić information content (AvgIpc) is 2.57. The van der Waals surface area contributed by atoms with Crippen LogP contribution in [0.4, 0.5) is 0 Å². The van der Waals surface area contributed by atoms with Gasteiger partial charge in [0.15, 0.2) is 0 Å². The van der Waals surface area contributed by atoms with E-state index in [4.69, 9.17) is 0 Å². The van der Waals surface area contributed by atoms with Crippen LogP contribution in [0.1, 0.15) is 58.9 Å². The van der Waals surface area contributed by atoms with E-state index in [1.54, 1.807) is 0 Å². The number of aryl methyl sites for hydroxylation is 1. The molecule has 1 N–H and O–H groups in total. The lowest BCUT2D eigenvalue weighted by molar-refractivity contribution is 0.0852. The van der Waals surface area contributed by atoms with Crippen LogP contribution in [-0.2, 0) is 6.42 Å². The molecule has 0 aromatic heterocycles. The van der Waals surface area contributed by atoms with Crippen molar-refractivity contribution in [2.45, 2.75) is 65.8 Å². The summed E-state index contributed by atoms with van der Waals surface area (Å²) in [6, 6.07) is 20.4. The summed E-state index contributed by atoms with van der Waals surface area (Å²) < 4.78 is 0. The van der Waals surface area contributed by atoms with E-state index >= 15 is 0 Å². The molecule has 1 fully saturated rings. The van der Waals surface area contributed by atoms with Gasteiger partial charge in [-0.05, 0) is 66.2 Å². The summed E-state index contributed by atoms with van der Waals surface area (Å²) in [6.45, 7) is 10.8. The van der Waals surface area contributed by atoms with E-state index in [2.05, 4.69) is 87.6 Å². The smallest absolute Gasteiger partial charge is 0.00772 e. The van der Waals surface area contributed by atoms with Crippen molar-refractivity contribution in [2.75, 3.05) is 6.54 Å². The van der Waals surface area contributed by atoms with Crippen molar-refractivity contribution in [3.63, 3.8) is 0 Å². The van der Waals surface area contributed by atoms with Crippen LogP contribution in [0.2, 0.25) is 0 Å². The van der Waals surface area contributed by atoms with Gasteiger partial charge in [-0.1, -0.05) is 82.3 Å². The second-order valence-corrected chi connectivity index (χ2v) is 9.73. The monoisotopic (exact) mass is 349 g/mol. The normalized spacial score (nSPS) is 19.4. The predicted octanol–water partition coefficient (Wildman–Crippen LogP) is 6.48. The minimum absolute atomic E-state index is 0.465. The Labute approximate surface area is 160 Å². The molecule has 0 bridgehead atoms. The number of hydrogen-bond donors (Lipinski definition) is 1. The van der Waals surface area contributed by atoms with Gasteiger partial charge < -0.3 is 5.32 Å². The highest BCUT2D eigenvalue weighted by molar-refractivity contribution is 5.63. The predicted molar refractivity (Wildman–Crippen MR) is 113 cm³/mol. The number of benzene rings is 2. The lowest BCUT2D eigenvalue weighted by atomic mass is 9.63. The van der Waals surface area contributed by atoms with E-state index < -0.39 is 0 Å². The Morgan fingerprint density at radius 1 is 0.808 bits per heavy atom. The van der Waals surface area contributed by atoms with Crippen molar-refractivity contribution < 1.29 is 0 Å². The zero-order valence-corrected chi connectivity index (χ0v) is 17.0. The number of hydrogen-bond acceptors (Lipinski definition) is 1. The van der Waals surface area contributed by atoms with Gasteiger partial charge in [0.25, 0.3) is 0 Å². The number of rotatable bonds is 6. The molecule has 0 spiro atoms. The lowest BCUT2D eigenvalue weighted by Gasteiger charge is -2.45. The van der Waals surface area contributed by atoms with Gasteiger partial charge in [0, 0.05) is 6.04 Å². The van der Waals surface area contributed by atoms with E-state index in [0.29, 0.717) is 16.9 Å². The highest BCUT2D eigenvalue weighted by Gasteiger charge is 2.37. The lowest BCUT2D eigenvalue weighted by Crippen LogP contribution is -2.44. The highest BCUT2D eigenvalue weighted by atomic mass is 14.9. The van der Waals surface area contributed by atoms with E-state index in [9.17, 15) is 0 Å². The van der Waals surface area contributed by atoms with E-state index in [0.717, 1.165) is 13.0 Å². The molecular formula is C25H35N. The molecule has 140 valence electrons. The summed E-state index contributed by atoms with van der Waals surface area (Å²) in [5.74, 6) is 0. The number of nitrogens with one attached hydrogen (secondary N) is 1. The maximum absolute atomic E-state index is 3.84. The van der Waals surface area contributed by atoms with E-state index in [1.807, 2.05) is 0 Å². The van der Waals surface area contributed by atoms with Gasteiger partial charge >= 0.3 is 0 Å². The second-order valence-electron chi connectivity index (χ2n) is 9.73. The van der Waals surface area contributed by atoms with Crippen LogP contribution < -0.4 is 5.32 Å². The van der Waals surface area contributed by atoms with Gasteiger partial charge in [-0.3, -0.25) is 0 Å². The Morgan fingerprint density at radius 2 is 1.38 bits per heavy atom. The average molecular weight is 350 g/mol. The molecule has 2 aromatic carbocycles. The van der Waals surface area contributed by atoms with Crippen LogP contribution in [0.5, 0.6) is 0 Å². The first-order valence-electron chi connectivity index (χ1n) is 10.2. The van der Waals surface area contributed by atoms with Crippen molar-refractivity contribution >= 4 is 0 Å². The molecule has 3 rings (SSSR count). The molecule has 0 aliphatic heterocycles. The third kappa shape index (κ3) is 5.45. The van der Waals surface area contributed by atoms with Crippen molar-refractivity contribution in [3.8, 4) is 11.1 Å². The molecule has 0 heterocycles. The van der Waals surface area contributed by atoms with E-state index in [-0.39, 0.29) is 0 Å². The van der Waals surface area contributed by atoms with Crippen LogP contribution in [0.15, 0.2) is 54.6 Å². The second kappa shape index (κ2) is 7.96. The van der Waals surface area contributed by atoms with Crippen LogP contribution in [0.25, 0.3) is 11.1 Å². The molecule has 1 saturated carbocycles. The maximum atomic E-state index is 3.84. The molecule has 0 unspecified atom stereocenters. The van der Waals surface area contributed by atoms with Crippen molar-refractivity contribution in [1.29, 1.82) is 0 Å². The Bertz CT molecular complexity index is 666. The largest absolute Gasteiger partial charge is 0.314 e. The fourth-order valence-corrected chi connectivity index (χ4v) is 5.08. The van der Waals surface area contributed by atoms with Crippen LogP contribution in [0, 0.1) is 10.8 Å². The summed E-state index contributed by atoms with van der Waals surface area (Å²) >= 11 is 0. The minimum Gasteiger partial charge on any atom is -0.314 e. The Kier molecular flexibility index (Phi) is 5.87. The van der Waals surface area contributed by atoms with E-state index in [1.165, 1.54) is 42.4 Å². The van der Waals surface area contributed by atoms with Crippen molar-refractivity contribution in [3.05, 3.63) is 60.2 Å². The summed E-state index contributed by atoms with van der Waals surface area (Å²) in [5.41, 5.74) is 4.97. The molecule has 26 heavy (non-hydrogen) atoms. The highest BCUT2D eigenvalue weighted by Crippen LogP contribution is 2.45. The maximum Gasteiger partial charge on any atom is 0.00772 e. The Balaban J connectivity index is 1.45. The van der Waals surface area contributed by atoms with Gasteiger partial charge in [0.2, 0.25) is 0 Å². The molecule has 1 aliphatic carbocycles. The van der Waals surface area contributed by atoms with Gasteiger partial charge in [-0.15, -0.1) is 0 Å². The van der Waals surface area contributed by atoms with Gasteiger partial charge in [0.05, 0.1) is 0 Å².